The van der Waals surface area contributed by atoms with Crippen LogP contribution in [-0.4, -0.2) is 20.8 Å². The van der Waals surface area contributed by atoms with Gasteiger partial charge in [0.05, 0.1) is 29.8 Å². The van der Waals surface area contributed by atoms with Crippen molar-refractivity contribution in [3.8, 4) is 0 Å². The highest BCUT2D eigenvalue weighted by molar-refractivity contribution is 6.10. The number of aromatic nitrogens is 3. The number of aliphatic imine (C=N–C) groups is 1. The van der Waals surface area contributed by atoms with Gasteiger partial charge in [-0.05, 0) is 12.1 Å². The lowest BCUT2D eigenvalue weighted by Crippen LogP contribution is -2.10. The van der Waals surface area contributed by atoms with Gasteiger partial charge in [0.1, 0.15) is 17.8 Å². The van der Waals surface area contributed by atoms with Crippen molar-refractivity contribution in [1.82, 2.24) is 15.1 Å². The Hall–Kier alpha value is -3.75. The van der Waals surface area contributed by atoms with E-state index < -0.39 is 0 Å². The second-order valence-corrected chi connectivity index (χ2v) is 5.31. The Bertz CT molecular complexity index is 967. The van der Waals surface area contributed by atoms with Crippen LogP contribution in [-0.2, 0) is 6.54 Å². The van der Waals surface area contributed by atoms with Gasteiger partial charge >= 0.3 is 0 Å². The first kappa shape index (κ1) is 17.1. The second-order valence-electron chi connectivity index (χ2n) is 5.31. The highest BCUT2D eigenvalue weighted by atomic mass is 19.1. The first-order chi connectivity index (χ1) is 12.5. The largest absolute Gasteiger partial charge is 0.396 e. The number of anilines is 2. The zero-order valence-electron chi connectivity index (χ0n) is 13.6. The maximum Gasteiger partial charge on any atom is 0.177 e. The van der Waals surface area contributed by atoms with E-state index in [0.29, 0.717) is 17.0 Å². The lowest BCUT2D eigenvalue weighted by atomic mass is 10.2. The Morgan fingerprint density at radius 2 is 2.04 bits per heavy atom. The van der Waals surface area contributed by atoms with Crippen LogP contribution in [0.4, 0.5) is 15.9 Å². The van der Waals surface area contributed by atoms with Crippen LogP contribution in [0.3, 0.4) is 0 Å². The molecule has 3 aromatic rings. The maximum absolute atomic E-state index is 13.8. The molecule has 0 saturated heterocycles. The minimum absolute atomic E-state index is 0.101. The van der Waals surface area contributed by atoms with Crippen molar-refractivity contribution in [3.05, 3.63) is 71.8 Å². The number of nitrogens with zero attached hydrogens (tertiary/aromatic N) is 4. The summed E-state index contributed by atoms with van der Waals surface area (Å²) < 4.78 is 18.7. The molecule has 9 heteroatoms. The van der Waals surface area contributed by atoms with Crippen molar-refractivity contribution in [1.29, 1.82) is 0 Å². The highest BCUT2D eigenvalue weighted by Crippen LogP contribution is 2.14. The zero-order chi connectivity index (χ0) is 18.5. The molecule has 0 amide bonds. The fraction of sp³-hybridized carbons (Fsp3) is 0.0588. The van der Waals surface area contributed by atoms with Crippen molar-refractivity contribution in [2.24, 2.45) is 10.7 Å². The predicted molar refractivity (Wildman–Crippen MR) is 96.2 cm³/mol. The summed E-state index contributed by atoms with van der Waals surface area (Å²) in [4.78, 5) is 12.5. The minimum Gasteiger partial charge on any atom is -0.396 e. The van der Waals surface area contributed by atoms with E-state index in [1.54, 1.807) is 24.3 Å². The van der Waals surface area contributed by atoms with Crippen molar-refractivity contribution in [2.75, 3.05) is 11.5 Å². The number of nitrogens with two attached hydrogens (primary N) is 3. The number of benzene rings is 1. The van der Waals surface area contributed by atoms with Gasteiger partial charge in [-0.25, -0.2) is 14.4 Å². The quantitative estimate of drug-likeness (QED) is 0.593. The number of halogens is 1. The van der Waals surface area contributed by atoms with Gasteiger partial charge in [-0.2, -0.15) is 0 Å². The molecule has 0 aliphatic carbocycles. The lowest BCUT2D eigenvalue weighted by Gasteiger charge is -2.05. The van der Waals surface area contributed by atoms with E-state index in [2.05, 4.69) is 20.1 Å². The second kappa shape index (κ2) is 7.43. The first-order valence-electron chi connectivity index (χ1n) is 7.58. The molecule has 0 saturated carbocycles. The summed E-state index contributed by atoms with van der Waals surface area (Å²) in [5.74, 6) is -0.0289. The number of hydrogen-bond donors (Lipinski definition) is 3. The normalized spacial score (nSPS) is 12.3. The van der Waals surface area contributed by atoms with Gasteiger partial charge in [0.2, 0.25) is 0 Å². The standard InChI is InChI=1S/C17H16FN7O/c18-11-4-2-1-3-10(11)8-22-15(14-5-6-26-25-14)7-12(19)17-23-9-13(20)16(21)24-17/h1-7,9H,8,19-20H2,(H2,21,23,24)/b12-7-,22-15?. The Morgan fingerprint density at radius 3 is 2.73 bits per heavy atom. The summed E-state index contributed by atoms with van der Waals surface area (Å²) in [6, 6.07) is 7.98. The Labute approximate surface area is 148 Å². The van der Waals surface area contributed by atoms with Gasteiger partial charge in [0.25, 0.3) is 0 Å². The molecule has 0 aliphatic rings. The third-order valence-corrected chi connectivity index (χ3v) is 3.48. The molecule has 0 bridgehead atoms. The lowest BCUT2D eigenvalue weighted by molar-refractivity contribution is 0.418. The van der Waals surface area contributed by atoms with Crippen LogP contribution in [0.25, 0.3) is 5.70 Å². The van der Waals surface area contributed by atoms with E-state index in [9.17, 15) is 4.39 Å². The fourth-order valence-corrected chi connectivity index (χ4v) is 2.10. The smallest absolute Gasteiger partial charge is 0.177 e. The van der Waals surface area contributed by atoms with Crippen LogP contribution < -0.4 is 17.2 Å². The summed E-state index contributed by atoms with van der Waals surface area (Å²) >= 11 is 0. The van der Waals surface area contributed by atoms with Crippen molar-refractivity contribution in [2.45, 2.75) is 6.54 Å². The van der Waals surface area contributed by atoms with Crippen LogP contribution in [0.2, 0.25) is 0 Å². The summed E-state index contributed by atoms with van der Waals surface area (Å²) in [6.45, 7) is 0.101. The molecule has 0 fully saturated rings. The van der Waals surface area contributed by atoms with Crippen LogP contribution in [0, 0.1) is 5.82 Å². The third-order valence-electron chi connectivity index (χ3n) is 3.48. The summed E-state index contributed by atoms with van der Waals surface area (Å²) in [7, 11) is 0. The van der Waals surface area contributed by atoms with E-state index in [1.165, 1.54) is 24.6 Å². The van der Waals surface area contributed by atoms with Crippen LogP contribution in [0.15, 0.2) is 58.4 Å². The molecule has 0 atom stereocenters. The van der Waals surface area contributed by atoms with Gasteiger partial charge in [-0.1, -0.05) is 23.4 Å². The summed E-state index contributed by atoms with van der Waals surface area (Å²) in [5.41, 5.74) is 19.0. The van der Waals surface area contributed by atoms with Gasteiger partial charge < -0.3 is 21.7 Å². The molecule has 132 valence electrons. The molecule has 3 rings (SSSR count). The van der Waals surface area contributed by atoms with Gasteiger partial charge in [-0.3, -0.25) is 4.99 Å². The highest BCUT2D eigenvalue weighted by Gasteiger charge is 2.10. The maximum atomic E-state index is 13.8. The molecule has 6 N–H and O–H groups in total. The predicted octanol–water partition coefficient (Wildman–Crippen LogP) is 1.76. The van der Waals surface area contributed by atoms with E-state index in [1.807, 2.05) is 0 Å². The van der Waals surface area contributed by atoms with Crippen LogP contribution >= 0.6 is 0 Å². The number of nitrogen functional groups attached to an aromatic ring is 2. The molecule has 26 heavy (non-hydrogen) atoms. The molecule has 8 nitrogen and oxygen atoms in total. The Kier molecular flexibility index (Phi) is 4.88. The molecule has 1 aromatic carbocycles. The molecular formula is C17H16FN7O. The van der Waals surface area contributed by atoms with Crippen molar-refractivity contribution >= 4 is 22.9 Å². The summed E-state index contributed by atoms with van der Waals surface area (Å²) in [5, 5.41) is 3.84. The molecule has 2 heterocycles. The molecule has 0 aliphatic heterocycles. The van der Waals surface area contributed by atoms with E-state index in [4.69, 9.17) is 21.7 Å². The summed E-state index contributed by atoms with van der Waals surface area (Å²) in [6.07, 6.45) is 4.28. The third kappa shape index (κ3) is 3.83. The van der Waals surface area contributed by atoms with Crippen molar-refractivity contribution in [3.63, 3.8) is 0 Å². The molecule has 2 aromatic heterocycles. The van der Waals surface area contributed by atoms with E-state index in [0.717, 1.165) is 0 Å². The average molecular weight is 353 g/mol. The minimum atomic E-state index is -0.345. The van der Waals surface area contributed by atoms with E-state index in [-0.39, 0.29) is 35.4 Å². The number of rotatable bonds is 5. The molecule has 0 radical (unpaired) electrons. The molecule has 0 unspecified atom stereocenters. The number of hydrogen-bond acceptors (Lipinski definition) is 8. The van der Waals surface area contributed by atoms with Gasteiger partial charge in [-0.15, -0.1) is 0 Å². The fourth-order valence-electron chi connectivity index (χ4n) is 2.10. The Balaban J connectivity index is 1.95. The molecular weight excluding hydrogens is 337 g/mol. The molecule has 0 spiro atoms. The topological polar surface area (TPSA) is 142 Å². The van der Waals surface area contributed by atoms with Crippen molar-refractivity contribution < 1.29 is 8.91 Å². The van der Waals surface area contributed by atoms with Crippen LogP contribution in [0.1, 0.15) is 17.1 Å². The average Bonchev–Trinajstić information content (AvgIpc) is 3.16. The van der Waals surface area contributed by atoms with Gasteiger partial charge in [0, 0.05) is 11.6 Å². The van der Waals surface area contributed by atoms with Gasteiger partial charge in [0.15, 0.2) is 11.6 Å². The van der Waals surface area contributed by atoms with E-state index >= 15 is 0 Å². The zero-order valence-corrected chi connectivity index (χ0v) is 13.6. The Morgan fingerprint density at radius 1 is 1.23 bits per heavy atom. The SMILES string of the molecule is N/C(=C\C(=NCc1ccccc1F)c1ccon1)c1ncc(N)c(N)n1. The monoisotopic (exact) mass is 353 g/mol. The first-order valence-corrected chi connectivity index (χ1v) is 7.58. The number of allylic oxidation sites excluding steroid dienone is 1. The van der Waals surface area contributed by atoms with Crippen LogP contribution in [0.5, 0.6) is 0 Å².